The van der Waals surface area contributed by atoms with Crippen LogP contribution in [0, 0.1) is 0 Å². The second kappa shape index (κ2) is 11.3. The molecule has 9 nitrogen and oxygen atoms in total. The number of nitrogens with one attached hydrogen (secondary N) is 1. The molecule has 0 spiro atoms. The first kappa shape index (κ1) is 27.7. The third-order valence-corrected chi connectivity index (χ3v) is 10.7. The van der Waals surface area contributed by atoms with Crippen LogP contribution in [0.15, 0.2) is 119 Å². The molecule has 0 aliphatic carbocycles. The molecular formula is C29H27N3O6S2. The molecule has 1 aliphatic heterocycles. The summed E-state index contributed by atoms with van der Waals surface area (Å²) in [6.45, 7) is -0.905. The van der Waals surface area contributed by atoms with E-state index in [0.717, 1.165) is 30.9 Å². The molecule has 40 heavy (non-hydrogen) atoms. The summed E-state index contributed by atoms with van der Waals surface area (Å²) in [5, 5.41) is 9.36. The average molecular weight is 578 g/mol. The second-order valence-corrected chi connectivity index (χ2v) is 13.1. The maximum atomic E-state index is 13.6. The second-order valence-electron chi connectivity index (χ2n) is 9.25. The molecule has 11 heteroatoms. The van der Waals surface area contributed by atoms with E-state index in [9.17, 15) is 26.8 Å². The summed E-state index contributed by atoms with van der Waals surface area (Å²) >= 11 is 0. The summed E-state index contributed by atoms with van der Waals surface area (Å²) in [5.41, 5.74) is 5.00. The van der Waals surface area contributed by atoms with E-state index in [-0.39, 0.29) is 22.9 Å². The van der Waals surface area contributed by atoms with Gasteiger partial charge in [0.15, 0.2) is 0 Å². The Balaban J connectivity index is 1.38. The van der Waals surface area contributed by atoms with E-state index in [1.807, 2.05) is 60.7 Å². The first-order chi connectivity index (χ1) is 19.2. The normalized spacial score (nSPS) is 16.9. The van der Waals surface area contributed by atoms with Crippen molar-refractivity contribution in [3.63, 3.8) is 0 Å². The van der Waals surface area contributed by atoms with Crippen LogP contribution in [-0.2, 0) is 24.8 Å². The fourth-order valence-electron chi connectivity index (χ4n) is 4.72. The van der Waals surface area contributed by atoms with Crippen LogP contribution in [0.1, 0.15) is 0 Å². The standard InChI is InChI=1S/C29H27N3O6S2/c33-29(30-34)28-21-31(39(35,36)26-15-11-24(12-16-26)22-7-3-1-4-8-22)19-20-32(28)40(37,38)27-17-13-25(14-18-27)23-9-5-2-6-10-23/h1-18,28,34H,19-21H2,(H,30,33). The largest absolute Gasteiger partial charge is 0.289 e. The summed E-state index contributed by atoms with van der Waals surface area (Å²) in [6.07, 6.45) is 0. The average Bonchev–Trinajstić information content (AvgIpc) is 3.01. The monoisotopic (exact) mass is 577 g/mol. The summed E-state index contributed by atoms with van der Waals surface area (Å²) in [6, 6.07) is 30.0. The van der Waals surface area contributed by atoms with Crippen LogP contribution < -0.4 is 5.48 Å². The van der Waals surface area contributed by atoms with E-state index in [2.05, 4.69) is 0 Å². The number of hydrogen-bond acceptors (Lipinski definition) is 6. The van der Waals surface area contributed by atoms with E-state index in [1.54, 1.807) is 24.3 Å². The molecule has 0 aromatic heterocycles. The van der Waals surface area contributed by atoms with Gasteiger partial charge in [-0.05, 0) is 46.5 Å². The Kier molecular flexibility index (Phi) is 7.83. The van der Waals surface area contributed by atoms with Gasteiger partial charge in [0.05, 0.1) is 9.79 Å². The number of piperazine rings is 1. The molecule has 1 fully saturated rings. The van der Waals surface area contributed by atoms with Gasteiger partial charge in [0, 0.05) is 19.6 Å². The molecule has 4 aromatic rings. The first-order valence-electron chi connectivity index (χ1n) is 12.5. The Bertz CT molecular complexity index is 1700. The predicted octanol–water partition coefficient (Wildman–Crippen LogP) is 3.59. The van der Waals surface area contributed by atoms with Crippen LogP contribution in [0.4, 0.5) is 0 Å². The number of hydroxylamine groups is 1. The molecule has 1 aliphatic rings. The Morgan fingerprint density at radius 2 is 1.05 bits per heavy atom. The van der Waals surface area contributed by atoms with Gasteiger partial charge in [-0.25, -0.2) is 22.3 Å². The lowest BCUT2D eigenvalue weighted by Gasteiger charge is -2.38. The van der Waals surface area contributed by atoms with Crippen molar-refractivity contribution in [2.45, 2.75) is 15.8 Å². The number of sulfonamides is 2. The number of amides is 1. The number of benzene rings is 4. The molecule has 1 atom stereocenters. The molecule has 0 bridgehead atoms. The highest BCUT2D eigenvalue weighted by Crippen LogP contribution is 2.28. The van der Waals surface area contributed by atoms with Crippen molar-refractivity contribution in [2.24, 2.45) is 0 Å². The van der Waals surface area contributed by atoms with Gasteiger partial charge in [-0.1, -0.05) is 84.9 Å². The van der Waals surface area contributed by atoms with Crippen molar-refractivity contribution in [3.05, 3.63) is 109 Å². The maximum absolute atomic E-state index is 13.6. The third-order valence-electron chi connectivity index (χ3n) is 6.87. The van der Waals surface area contributed by atoms with E-state index in [4.69, 9.17) is 0 Å². The van der Waals surface area contributed by atoms with Gasteiger partial charge in [0.1, 0.15) is 6.04 Å². The molecule has 1 unspecified atom stereocenters. The number of hydrogen-bond donors (Lipinski definition) is 2. The molecule has 5 rings (SSSR count). The number of carbonyl (C=O) groups excluding carboxylic acids is 1. The fraction of sp³-hybridized carbons (Fsp3) is 0.138. The van der Waals surface area contributed by atoms with E-state index >= 15 is 0 Å². The van der Waals surface area contributed by atoms with Gasteiger partial charge in [0.25, 0.3) is 5.91 Å². The summed E-state index contributed by atoms with van der Waals surface area (Å²) in [7, 11) is -8.25. The van der Waals surface area contributed by atoms with E-state index in [0.29, 0.717) is 0 Å². The zero-order valence-corrected chi connectivity index (χ0v) is 22.9. The van der Waals surface area contributed by atoms with Crippen molar-refractivity contribution in [3.8, 4) is 22.3 Å². The van der Waals surface area contributed by atoms with Crippen LogP contribution in [-0.4, -0.2) is 62.2 Å². The highest BCUT2D eigenvalue weighted by molar-refractivity contribution is 7.89. The molecular weight excluding hydrogens is 550 g/mol. The highest BCUT2D eigenvalue weighted by atomic mass is 32.2. The molecule has 1 saturated heterocycles. The molecule has 1 amide bonds. The van der Waals surface area contributed by atoms with E-state index in [1.165, 1.54) is 29.7 Å². The zero-order chi connectivity index (χ0) is 28.3. The Morgan fingerprint density at radius 3 is 1.50 bits per heavy atom. The first-order valence-corrected chi connectivity index (χ1v) is 15.4. The van der Waals surface area contributed by atoms with Gasteiger partial charge in [-0.2, -0.15) is 8.61 Å². The van der Waals surface area contributed by atoms with Crippen molar-refractivity contribution >= 4 is 26.0 Å². The van der Waals surface area contributed by atoms with Crippen molar-refractivity contribution in [1.29, 1.82) is 0 Å². The van der Waals surface area contributed by atoms with Crippen LogP contribution in [0.2, 0.25) is 0 Å². The van der Waals surface area contributed by atoms with Crippen LogP contribution in [0.25, 0.3) is 22.3 Å². The fourth-order valence-corrected chi connectivity index (χ4v) is 7.73. The topological polar surface area (TPSA) is 124 Å². The summed E-state index contributed by atoms with van der Waals surface area (Å²) in [5.74, 6) is -1.02. The lowest BCUT2D eigenvalue weighted by Crippen LogP contribution is -2.61. The van der Waals surface area contributed by atoms with Crippen molar-refractivity contribution in [2.75, 3.05) is 19.6 Å². The van der Waals surface area contributed by atoms with Crippen LogP contribution in [0.5, 0.6) is 0 Å². The van der Waals surface area contributed by atoms with Crippen molar-refractivity contribution < 1.29 is 26.8 Å². The summed E-state index contributed by atoms with van der Waals surface area (Å²) < 4.78 is 56.0. The zero-order valence-electron chi connectivity index (χ0n) is 21.3. The molecule has 0 saturated carbocycles. The number of nitrogens with zero attached hydrogens (tertiary/aromatic N) is 2. The minimum atomic E-state index is -4.20. The summed E-state index contributed by atoms with van der Waals surface area (Å²) in [4.78, 5) is 12.6. The van der Waals surface area contributed by atoms with Crippen LogP contribution >= 0.6 is 0 Å². The van der Waals surface area contributed by atoms with Gasteiger partial charge in [-0.15, -0.1) is 0 Å². The SMILES string of the molecule is O=C(NO)C1CN(S(=O)(=O)c2ccc(-c3ccccc3)cc2)CCN1S(=O)(=O)c1ccc(-c2ccccc2)cc1. The Hall–Kier alpha value is -3.87. The Labute approximate surface area is 233 Å². The lowest BCUT2D eigenvalue weighted by atomic mass is 10.1. The molecule has 4 aromatic carbocycles. The quantitative estimate of drug-likeness (QED) is 0.256. The Morgan fingerprint density at radius 1 is 0.625 bits per heavy atom. The van der Waals surface area contributed by atoms with Gasteiger partial charge in [0.2, 0.25) is 20.0 Å². The van der Waals surface area contributed by atoms with Gasteiger partial charge < -0.3 is 0 Å². The van der Waals surface area contributed by atoms with Gasteiger partial charge in [-0.3, -0.25) is 10.0 Å². The van der Waals surface area contributed by atoms with Crippen LogP contribution in [0.3, 0.4) is 0 Å². The predicted molar refractivity (Wildman–Crippen MR) is 150 cm³/mol. The molecule has 2 N–H and O–H groups in total. The van der Waals surface area contributed by atoms with Gasteiger partial charge >= 0.3 is 0 Å². The highest BCUT2D eigenvalue weighted by Gasteiger charge is 2.43. The van der Waals surface area contributed by atoms with E-state index < -0.39 is 38.5 Å². The number of rotatable bonds is 7. The van der Waals surface area contributed by atoms with Crippen molar-refractivity contribution in [1.82, 2.24) is 14.1 Å². The minimum absolute atomic E-state index is 0.0168. The maximum Gasteiger partial charge on any atom is 0.263 e. The third kappa shape index (κ3) is 5.42. The number of carbonyl (C=O) groups is 1. The molecule has 1 heterocycles. The smallest absolute Gasteiger partial charge is 0.263 e. The molecule has 0 radical (unpaired) electrons. The minimum Gasteiger partial charge on any atom is -0.289 e. The lowest BCUT2D eigenvalue weighted by molar-refractivity contribution is -0.134. The molecule has 206 valence electrons.